The second kappa shape index (κ2) is 6.01. The molecule has 1 N–H and O–H groups in total. The van der Waals surface area contributed by atoms with Gasteiger partial charge in [-0.1, -0.05) is 0 Å². The van der Waals surface area contributed by atoms with Crippen LogP contribution < -0.4 is 5.32 Å². The number of nitrogens with one attached hydrogen (secondary N) is 1. The molecule has 5 heteroatoms. The predicted molar refractivity (Wildman–Crippen MR) is 67.9 cm³/mol. The van der Waals surface area contributed by atoms with Crippen molar-refractivity contribution in [1.29, 1.82) is 5.26 Å². The number of pyridine rings is 1. The van der Waals surface area contributed by atoms with Gasteiger partial charge in [0.25, 0.3) is 0 Å². The molecule has 0 unspecified atom stereocenters. The van der Waals surface area contributed by atoms with Crippen molar-refractivity contribution in [3.63, 3.8) is 0 Å². The Balaban J connectivity index is 1.77. The molecule has 1 aromatic heterocycles. The first-order valence-corrected chi connectivity index (χ1v) is 6.17. The number of nitrogens with zero attached hydrogens (tertiary/aromatic N) is 3. The molecule has 0 aliphatic carbocycles. The van der Waals surface area contributed by atoms with Crippen molar-refractivity contribution >= 4 is 11.7 Å². The molecule has 1 aliphatic heterocycles. The molecule has 0 saturated carbocycles. The van der Waals surface area contributed by atoms with Crippen LogP contribution in [0, 0.1) is 11.3 Å². The van der Waals surface area contributed by atoms with E-state index in [-0.39, 0.29) is 5.91 Å². The van der Waals surface area contributed by atoms with Crippen molar-refractivity contribution in [3.05, 3.63) is 23.9 Å². The highest BCUT2D eigenvalue weighted by Crippen LogP contribution is 2.09. The first-order chi connectivity index (χ1) is 8.79. The van der Waals surface area contributed by atoms with Gasteiger partial charge < -0.3 is 10.2 Å². The van der Waals surface area contributed by atoms with Gasteiger partial charge in [0.05, 0.1) is 11.6 Å². The highest BCUT2D eigenvalue weighted by molar-refractivity contribution is 5.76. The first-order valence-electron chi connectivity index (χ1n) is 6.17. The molecule has 0 aromatic carbocycles. The number of carbonyl (C=O) groups excluding carboxylic acids is 1. The Kier molecular flexibility index (Phi) is 4.13. The van der Waals surface area contributed by atoms with E-state index in [1.807, 2.05) is 4.90 Å². The van der Waals surface area contributed by atoms with Crippen LogP contribution in [0.15, 0.2) is 18.3 Å². The van der Waals surface area contributed by atoms with Crippen molar-refractivity contribution in [1.82, 2.24) is 9.88 Å². The number of hydrogen-bond acceptors (Lipinski definition) is 4. The Bertz CT molecular complexity index is 460. The Morgan fingerprint density at radius 2 is 2.28 bits per heavy atom. The number of aromatic nitrogens is 1. The number of carbonyl (C=O) groups is 1. The molecule has 2 heterocycles. The summed E-state index contributed by atoms with van der Waals surface area (Å²) < 4.78 is 0. The second-order valence-electron chi connectivity index (χ2n) is 4.31. The van der Waals surface area contributed by atoms with Crippen LogP contribution in [0.1, 0.15) is 24.8 Å². The van der Waals surface area contributed by atoms with Crippen molar-refractivity contribution in [2.24, 2.45) is 0 Å². The van der Waals surface area contributed by atoms with Gasteiger partial charge in [0.1, 0.15) is 5.82 Å². The summed E-state index contributed by atoms with van der Waals surface area (Å²) in [6.07, 6.45) is 4.29. The number of nitriles is 1. The third kappa shape index (κ3) is 3.20. The number of rotatable bonds is 4. The van der Waals surface area contributed by atoms with E-state index in [9.17, 15) is 4.79 Å². The fraction of sp³-hybridized carbons (Fsp3) is 0.462. The minimum Gasteiger partial charge on any atom is -0.370 e. The van der Waals surface area contributed by atoms with Crippen LogP contribution in [-0.4, -0.2) is 35.4 Å². The first kappa shape index (κ1) is 12.4. The van der Waals surface area contributed by atoms with Crippen molar-refractivity contribution in [3.8, 4) is 6.07 Å². The van der Waals surface area contributed by atoms with Crippen LogP contribution in [0.2, 0.25) is 0 Å². The minimum atomic E-state index is 0.191. The zero-order valence-electron chi connectivity index (χ0n) is 10.2. The molecule has 1 saturated heterocycles. The van der Waals surface area contributed by atoms with Crippen molar-refractivity contribution in [2.45, 2.75) is 19.3 Å². The molecule has 1 fully saturated rings. The maximum Gasteiger partial charge on any atom is 0.224 e. The van der Waals surface area contributed by atoms with Crippen LogP contribution in [0.25, 0.3) is 0 Å². The molecule has 2 rings (SSSR count). The van der Waals surface area contributed by atoms with Crippen LogP contribution in [0.4, 0.5) is 5.82 Å². The SMILES string of the molecule is N#Cc1ccnc(NCCC(=O)N2CCCC2)c1. The van der Waals surface area contributed by atoms with Gasteiger partial charge in [-0.25, -0.2) is 4.98 Å². The van der Waals surface area contributed by atoms with Crippen LogP contribution in [-0.2, 0) is 4.79 Å². The summed E-state index contributed by atoms with van der Waals surface area (Å²) in [5, 5.41) is 11.8. The Labute approximate surface area is 106 Å². The van der Waals surface area contributed by atoms with Gasteiger partial charge in [0.15, 0.2) is 0 Å². The maximum atomic E-state index is 11.8. The van der Waals surface area contributed by atoms with Gasteiger partial charge in [0.2, 0.25) is 5.91 Å². The van der Waals surface area contributed by atoms with E-state index in [0.717, 1.165) is 25.9 Å². The Morgan fingerprint density at radius 1 is 1.50 bits per heavy atom. The summed E-state index contributed by atoms with van der Waals surface area (Å²) in [5.74, 6) is 0.833. The van der Waals surface area contributed by atoms with Gasteiger partial charge >= 0.3 is 0 Å². The quantitative estimate of drug-likeness (QED) is 0.868. The highest BCUT2D eigenvalue weighted by atomic mass is 16.2. The molecule has 1 amide bonds. The van der Waals surface area contributed by atoms with E-state index in [2.05, 4.69) is 16.4 Å². The zero-order chi connectivity index (χ0) is 12.8. The van der Waals surface area contributed by atoms with Gasteiger partial charge in [-0.05, 0) is 25.0 Å². The molecular weight excluding hydrogens is 228 g/mol. The summed E-state index contributed by atoms with van der Waals surface area (Å²) in [6, 6.07) is 5.39. The third-order valence-electron chi connectivity index (χ3n) is 2.99. The summed E-state index contributed by atoms with van der Waals surface area (Å²) in [6.45, 7) is 2.33. The number of anilines is 1. The maximum absolute atomic E-state index is 11.8. The minimum absolute atomic E-state index is 0.191. The molecule has 0 radical (unpaired) electrons. The molecular formula is C13H16N4O. The summed E-state index contributed by atoms with van der Waals surface area (Å²) >= 11 is 0. The summed E-state index contributed by atoms with van der Waals surface area (Å²) in [5.41, 5.74) is 0.568. The van der Waals surface area contributed by atoms with E-state index < -0.39 is 0 Å². The summed E-state index contributed by atoms with van der Waals surface area (Å²) in [7, 11) is 0. The smallest absolute Gasteiger partial charge is 0.224 e. The standard InChI is InChI=1S/C13H16N4O/c14-10-11-3-5-15-12(9-11)16-6-4-13(18)17-7-1-2-8-17/h3,5,9H,1-2,4,6-8H2,(H,15,16). The monoisotopic (exact) mass is 244 g/mol. The molecule has 1 aliphatic rings. The lowest BCUT2D eigenvalue weighted by molar-refractivity contribution is -0.129. The molecule has 18 heavy (non-hydrogen) atoms. The molecule has 94 valence electrons. The Hall–Kier alpha value is -2.09. The third-order valence-corrected chi connectivity index (χ3v) is 2.99. The number of amides is 1. The largest absolute Gasteiger partial charge is 0.370 e. The van der Waals surface area contributed by atoms with Crippen LogP contribution >= 0.6 is 0 Å². The van der Waals surface area contributed by atoms with E-state index in [4.69, 9.17) is 5.26 Å². The van der Waals surface area contributed by atoms with Gasteiger partial charge in [-0.3, -0.25) is 4.79 Å². The Morgan fingerprint density at radius 3 is 3.00 bits per heavy atom. The lowest BCUT2D eigenvalue weighted by Crippen LogP contribution is -2.29. The van der Waals surface area contributed by atoms with Crippen LogP contribution in [0.5, 0.6) is 0 Å². The van der Waals surface area contributed by atoms with E-state index in [1.54, 1.807) is 18.3 Å². The predicted octanol–water partition coefficient (Wildman–Crippen LogP) is 1.38. The molecule has 5 nitrogen and oxygen atoms in total. The average Bonchev–Trinajstić information content (AvgIpc) is 2.93. The normalized spacial score (nSPS) is 14.3. The lowest BCUT2D eigenvalue weighted by Gasteiger charge is -2.15. The summed E-state index contributed by atoms with van der Waals surface area (Å²) in [4.78, 5) is 17.8. The van der Waals surface area contributed by atoms with E-state index in [1.165, 1.54) is 0 Å². The molecule has 0 bridgehead atoms. The number of hydrogen-bond donors (Lipinski definition) is 1. The fourth-order valence-corrected chi connectivity index (χ4v) is 2.02. The average molecular weight is 244 g/mol. The lowest BCUT2D eigenvalue weighted by atomic mass is 10.3. The zero-order valence-corrected chi connectivity index (χ0v) is 10.2. The van der Waals surface area contributed by atoms with E-state index >= 15 is 0 Å². The topological polar surface area (TPSA) is 69.0 Å². The molecule has 1 aromatic rings. The second-order valence-corrected chi connectivity index (χ2v) is 4.31. The highest BCUT2D eigenvalue weighted by Gasteiger charge is 2.16. The van der Waals surface area contributed by atoms with Crippen molar-refractivity contribution < 1.29 is 4.79 Å². The van der Waals surface area contributed by atoms with E-state index in [0.29, 0.717) is 24.3 Å². The molecule has 0 atom stereocenters. The molecule has 0 spiro atoms. The van der Waals surface area contributed by atoms with Gasteiger partial charge in [0, 0.05) is 32.3 Å². The number of likely N-dealkylation sites (tertiary alicyclic amines) is 1. The fourth-order valence-electron chi connectivity index (χ4n) is 2.02. The van der Waals surface area contributed by atoms with Crippen molar-refractivity contribution in [2.75, 3.05) is 25.0 Å². The van der Waals surface area contributed by atoms with Gasteiger partial charge in [-0.15, -0.1) is 0 Å². The van der Waals surface area contributed by atoms with Gasteiger partial charge in [-0.2, -0.15) is 5.26 Å². The van der Waals surface area contributed by atoms with Crippen LogP contribution in [0.3, 0.4) is 0 Å².